The van der Waals surface area contributed by atoms with Crippen molar-refractivity contribution in [3.63, 3.8) is 0 Å². The summed E-state index contributed by atoms with van der Waals surface area (Å²) in [6, 6.07) is 11.4. The Bertz CT molecular complexity index is 1010. The van der Waals surface area contributed by atoms with Gasteiger partial charge in [-0.25, -0.2) is 0 Å². The fraction of sp³-hybridized carbons (Fsp3) is 0.318. The number of ether oxygens (including phenoxy) is 2. The van der Waals surface area contributed by atoms with Crippen LogP contribution < -0.4 is 19.7 Å². The summed E-state index contributed by atoms with van der Waals surface area (Å²) in [5.74, 6) is 0.257. The number of amides is 3. The Morgan fingerprint density at radius 3 is 2.70 bits per heavy atom. The molecule has 8 heteroatoms. The largest absolute Gasteiger partial charge is 0.497 e. The zero-order valence-corrected chi connectivity index (χ0v) is 16.9. The third-order valence-corrected chi connectivity index (χ3v) is 5.47. The topological polar surface area (TPSA) is 88.2 Å². The summed E-state index contributed by atoms with van der Waals surface area (Å²) in [6.07, 6.45) is 1.37. The monoisotopic (exact) mass is 409 g/mol. The summed E-state index contributed by atoms with van der Waals surface area (Å²) in [6.45, 7) is 0.343. The number of carbonyl (C=O) groups excluding carboxylic acids is 3. The highest BCUT2D eigenvalue weighted by Gasteiger charge is 2.42. The quantitative estimate of drug-likeness (QED) is 0.819. The number of benzene rings is 2. The molecule has 0 radical (unpaired) electrons. The van der Waals surface area contributed by atoms with E-state index in [9.17, 15) is 14.4 Å². The number of fused-ring (bicyclic) bond motifs is 2. The summed E-state index contributed by atoms with van der Waals surface area (Å²) in [4.78, 5) is 42.1. The van der Waals surface area contributed by atoms with Crippen molar-refractivity contribution >= 4 is 29.1 Å². The molecule has 2 aliphatic heterocycles. The first-order valence-electron chi connectivity index (χ1n) is 9.76. The number of carbonyl (C=O) groups is 3. The van der Waals surface area contributed by atoms with Gasteiger partial charge in [-0.05, 0) is 37.1 Å². The van der Waals surface area contributed by atoms with Gasteiger partial charge in [0, 0.05) is 12.6 Å². The Labute approximate surface area is 174 Å². The molecule has 8 nitrogen and oxygen atoms in total. The first-order chi connectivity index (χ1) is 14.5. The van der Waals surface area contributed by atoms with Gasteiger partial charge >= 0.3 is 0 Å². The van der Waals surface area contributed by atoms with Crippen LogP contribution in [0.3, 0.4) is 0 Å². The fourth-order valence-corrected chi connectivity index (χ4v) is 4.01. The predicted octanol–water partition coefficient (Wildman–Crippen LogP) is 2.29. The normalized spacial score (nSPS) is 17.9. The number of hydrogen-bond donors (Lipinski definition) is 1. The Kier molecular flexibility index (Phi) is 5.31. The molecule has 0 saturated carbocycles. The van der Waals surface area contributed by atoms with E-state index < -0.39 is 6.04 Å². The minimum atomic E-state index is -0.534. The molecule has 0 bridgehead atoms. The molecule has 0 spiro atoms. The van der Waals surface area contributed by atoms with Gasteiger partial charge in [-0.2, -0.15) is 0 Å². The van der Waals surface area contributed by atoms with E-state index in [1.54, 1.807) is 54.5 Å². The second kappa shape index (κ2) is 8.06. The Morgan fingerprint density at radius 2 is 1.93 bits per heavy atom. The molecule has 0 unspecified atom stereocenters. The van der Waals surface area contributed by atoms with E-state index in [1.807, 2.05) is 0 Å². The van der Waals surface area contributed by atoms with Crippen LogP contribution in [0, 0.1) is 0 Å². The van der Waals surface area contributed by atoms with Crippen LogP contribution >= 0.6 is 0 Å². The fourth-order valence-electron chi connectivity index (χ4n) is 4.01. The second-order valence-corrected chi connectivity index (χ2v) is 7.21. The van der Waals surface area contributed by atoms with Crippen molar-refractivity contribution in [2.45, 2.75) is 18.9 Å². The Hall–Kier alpha value is -3.55. The zero-order valence-electron chi connectivity index (χ0n) is 16.9. The average molecular weight is 409 g/mol. The van der Waals surface area contributed by atoms with E-state index in [0.717, 1.165) is 6.42 Å². The molecule has 2 aromatic carbocycles. The summed E-state index contributed by atoms with van der Waals surface area (Å²) in [5.41, 5.74) is 1.36. The van der Waals surface area contributed by atoms with E-state index in [2.05, 4.69) is 5.32 Å². The van der Waals surface area contributed by atoms with Gasteiger partial charge in [0.25, 0.3) is 5.91 Å². The predicted molar refractivity (Wildman–Crippen MR) is 111 cm³/mol. The molecule has 4 rings (SSSR count). The molecule has 2 heterocycles. The molecule has 0 aromatic heterocycles. The molecule has 3 amide bonds. The molecular weight excluding hydrogens is 386 g/mol. The van der Waals surface area contributed by atoms with Gasteiger partial charge in [0.05, 0.1) is 31.2 Å². The maximum absolute atomic E-state index is 13.2. The van der Waals surface area contributed by atoms with Crippen molar-refractivity contribution in [2.24, 2.45) is 0 Å². The van der Waals surface area contributed by atoms with Crippen molar-refractivity contribution in [3.05, 3.63) is 48.0 Å². The van der Waals surface area contributed by atoms with Crippen LogP contribution in [0.15, 0.2) is 42.5 Å². The highest BCUT2D eigenvalue weighted by atomic mass is 16.5. The number of nitrogens with one attached hydrogen (secondary N) is 1. The lowest BCUT2D eigenvalue weighted by Gasteiger charge is -2.25. The molecule has 1 saturated heterocycles. The lowest BCUT2D eigenvalue weighted by molar-refractivity contribution is -0.124. The van der Waals surface area contributed by atoms with Crippen LogP contribution in [-0.4, -0.2) is 56.0 Å². The highest BCUT2D eigenvalue weighted by molar-refractivity contribution is 6.13. The maximum Gasteiger partial charge on any atom is 0.256 e. The number of hydrogen-bond acceptors (Lipinski definition) is 5. The van der Waals surface area contributed by atoms with Gasteiger partial charge in [-0.3, -0.25) is 14.4 Å². The Morgan fingerprint density at radius 1 is 1.13 bits per heavy atom. The number of nitrogens with zero attached hydrogens (tertiary/aromatic N) is 2. The number of anilines is 2. The Balaban J connectivity index is 1.61. The molecule has 2 aromatic rings. The number of rotatable bonds is 5. The molecule has 1 atom stereocenters. The summed E-state index contributed by atoms with van der Waals surface area (Å²) >= 11 is 0. The smallest absolute Gasteiger partial charge is 0.256 e. The van der Waals surface area contributed by atoms with Crippen molar-refractivity contribution in [3.8, 4) is 11.5 Å². The molecule has 2 aliphatic rings. The van der Waals surface area contributed by atoms with Crippen LogP contribution in [0.4, 0.5) is 11.4 Å². The molecular formula is C22H23N3O5. The molecule has 0 aliphatic carbocycles. The minimum Gasteiger partial charge on any atom is -0.497 e. The standard InChI is InChI=1S/C22H23N3O5/c1-29-14-9-10-16(19(12-14)30-2)23-20(26)13-25-17-7-4-3-6-15(17)21(27)24-11-5-8-18(24)22(25)28/h3-4,6-7,9-10,12,18H,5,8,11,13H2,1-2H3,(H,23,26)/t18-/m0/s1. The van der Waals surface area contributed by atoms with Crippen molar-refractivity contribution in [1.82, 2.24) is 4.90 Å². The van der Waals surface area contributed by atoms with Crippen LogP contribution in [0.25, 0.3) is 0 Å². The first kappa shape index (κ1) is 19.8. The molecule has 30 heavy (non-hydrogen) atoms. The molecule has 156 valence electrons. The van der Waals surface area contributed by atoms with Crippen molar-refractivity contribution < 1.29 is 23.9 Å². The van der Waals surface area contributed by atoms with Gasteiger partial charge < -0.3 is 24.6 Å². The third kappa shape index (κ3) is 3.45. The number of methoxy groups -OCH3 is 2. The summed E-state index contributed by atoms with van der Waals surface area (Å²) in [7, 11) is 3.04. The van der Waals surface area contributed by atoms with Crippen LogP contribution in [-0.2, 0) is 9.59 Å². The number of para-hydroxylation sites is 1. The van der Waals surface area contributed by atoms with Crippen LogP contribution in [0.2, 0.25) is 0 Å². The lowest BCUT2D eigenvalue weighted by atomic mass is 10.1. The van der Waals surface area contributed by atoms with E-state index in [0.29, 0.717) is 41.4 Å². The lowest BCUT2D eigenvalue weighted by Crippen LogP contribution is -2.47. The van der Waals surface area contributed by atoms with Crippen molar-refractivity contribution in [2.75, 3.05) is 37.5 Å². The average Bonchev–Trinajstić information content (AvgIpc) is 3.24. The van der Waals surface area contributed by atoms with Gasteiger partial charge in [0.2, 0.25) is 11.8 Å². The zero-order chi connectivity index (χ0) is 21.3. The minimum absolute atomic E-state index is 0.166. The van der Waals surface area contributed by atoms with E-state index in [1.165, 1.54) is 12.0 Å². The van der Waals surface area contributed by atoms with Crippen LogP contribution in [0.1, 0.15) is 23.2 Å². The molecule has 1 fully saturated rings. The van der Waals surface area contributed by atoms with Gasteiger partial charge in [-0.15, -0.1) is 0 Å². The second-order valence-electron chi connectivity index (χ2n) is 7.21. The van der Waals surface area contributed by atoms with E-state index in [-0.39, 0.29) is 24.3 Å². The van der Waals surface area contributed by atoms with Gasteiger partial charge in [0.1, 0.15) is 24.1 Å². The third-order valence-electron chi connectivity index (χ3n) is 5.47. The summed E-state index contributed by atoms with van der Waals surface area (Å²) in [5, 5.41) is 2.79. The van der Waals surface area contributed by atoms with E-state index >= 15 is 0 Å². The molecule has 1 N–H and O–H groups in total. The van der Waals surface area contributed by atoms with Gasteiger partial charge in [0.15, 0.2) is 0 Å². The van der Waals surface area contributed by atoms with Gasteiger partial charge in [-0.1, -0.05) is 12.1 Å². The maximum atomic E-state index is 13.2. The summed E-state index contributed by atoms with van der Waals surface area (Å²) < 4.78 is 10.5. The van der Waals surface area contributed by atoms with Crippen molar-refractivity contribution in [1.29, 1.82) is 0 Å². The van der Waals surface area contributed by atoms with Crippen LogP contribution in [0.5, 0.6) is 11.5 Å². The highest BCUT2D eigenvalue weighted by Crippen LogP contribution is 2.33. The van der Waals surface area contributed by atoms with E-state index in [4.69, 9.17) is 9.47 Å². The SMILES string of the molecule is COc1ccc(NC(=O)CN2C(=O)[C@@H]3CCCN3C(=O)c3ccccc32)c(OC)c1. The first-order valence-corrected chi connectivity index (χ1v) is 9.76.